The molecule has 1 fully saturated rings. The van der Waals surface area contributed by atoms with Crippen molar-refractivity contribution in [1.82, 2.24) is 40.3 Å². The number of nitrogens with one attached hydrogen (secondary N) is 2. The molecule has 4 heterocycles. The number of anilines is 1. The van der Waals surface area contributed by atoms with Crippen LogP contribution in [0.1, 0.15) is 77.0 Å². The third kappa shape index (κ3) is 7.46. The second-order valence-corrected chi connectivity index (χ2v) is 11.6. The topological polar surface area (TPSA) is 151 Å². The van der Waals surface area contributed by atoms with E-state index >= 15 is 0 Å². The number of amides is 2. The van der Waals surface area contributed by atoms with Crippen LogP contribution in [-0.4, -0.2) is 65.5 Å². The van der Waals surface area contributed by atoms with Crippen molar-refractivity contribution in [1.29, 1.82) is 0 Å². The zero-order chi connectivity index (χ0) is 32.5. The average molecular weight is 648 g/mol. The number of rotatable bonds is 7. The van der Waals surface area contributed by atoms with Gasteiger partial charge in [-0.15, -0.1) is 10.2 Å². The number of carbonyl (C=O) groups is 2. The van der Waals surface area contributed by atoms with Crippen LogP contribution in [0.5, 0.6) is 0 Å². The van der Waals surface area contributed by atoms with Crippen LogP contribution in [0.25, 0.3) is 5.82 Å². The van der Waals surface area contributed by atoms with Crippen LogP contribution in [0.4, 0.5) is 18.9 Å². The van der Waals surface area contributed by atoms with Gasteiger partial charge in [0.2, 0.25) is 0 Å². The molecule has 1 saturated heterocycles. The summed E-state index contributed by atoms with van der Waals surface area (Å²) in [7, 11) is 0. The molecule has 0 bridgehead atoms. The van der Waals surface area contributed by atoms with Gasteiger partial charge in [0.1, 0.15) is 12.2 Å². The monoisotopic (exact) mass is 647 g/mol. The molecule has 0 spiro atoms. The van der Waals surface area contributed by atoms with Crippen molar-refractivity contribution < 1.29 is 32.2 Å². The standard InChI is InChI=1S/C28H29ClF3N9O4/c1-15-11-16(25-44-9-6-10-45-25)12-18(23(42)35-27(2,3)4)21(15)34-24(43)20-13-17(14-40-38-26(36-39-40)28(30,31)32)37-41(20)22-19(29)7-5-8-33-22/h5,7-8,11-13,25H,6,9-10,14H2,1-4H3,(H,34,43)(H,35,42). The Bertz CT molecular complexity index is 1730. The SMILES string of the molecule is Cc1cc(C2OCCCO2)cc(C(=O)NC(C)(C)C)c1NC(=O)c1cc(Cn2nnc(C(F)(F)F)n2)nn1-c1ncccc1Cl. The first-order valence-electron chi connectivity index (χ1n) is 13.8. The summed E-state index contributed by atoms with van der Waals surface area (Å²) in [4.78, 5) is 32.3. The summed E-state index contributed by atoms with van der Waals surface area (Å²) < 4.78 is 51.7. The fraction of sp³-hybridized carbons (Fsp3) is 0.393. The summed E-state index contributed by atoms with van der Waals surface area (Å²) in [6.07, 6.45) is -3.29. The Balaban J connectivity index is 1.53. The van der Waals surface area contributed by atoms with E-state index in [1.54, 1.807) is 25.1 Å². The van der Waals surface area contributed by atoms with E-state index in [2.05, 4.69) is 36.1 Å². The van der Waals surface area contributed by atoms with Gasteiger partial charge in [0.15, 0.2) is 12.1 Å². The Morgan fingerprint density at radius 2 is 1.82 bits per heavy atom. The molecular weight excluding hydrogens is 619 g/mol. The van der Waals surface area contributed by atoms with Crippen LogP contribution in [0.2, 0.25) is 5.02 Å². The molecular formula is C28H29ClF3N9O4. The summed E-state index contributed by atoms with van der Waals surface area (Å²) >= 11 is 6.37. The van der Waals surface area contributed by atoms with Gasteiger partial charge in [-0.25, -0.2) is 9.67 Å². The second-order valence-electron chi connectivity index (χ2n) is 11.2. The number of aryl methyl sites for hydroxylation is 1. The molecule has 0 radical (unpaired) electrons. The minimum absolute atomic E-state index is 0.0774. The Labute approximate surface area is 260 Å². The van der Waals surface area contributed by atoms with Gasteiger partial charge in [-0.05, 0) is 75.2 Å². The summed E-state index contributed by atoms with van der Waals surface area (Å²) in [5.41, 5.74) is 0.978. The number of pyridine rings is 1. The van der Waals surface area contributed by atoms with Crippen molar-refractivity contribution in [3.05, 3.63) is 75.5 Å². The van der Waals surface area contributed by atoms with E-state index in [4.69, 9.17) is 21.1 Å². The van der Waals surface area contributed by atoms with Gasteiger partial charge in [-0.2, -0.15) is 23.1 Å². The van der Waals surface area contributed by atoms with E-state index in [9.17, 15) is 22.8 Å². The highest BCUT2D eigenvalue weighted by Crippen LogP contribution is 2.31. The molecule has 238 valence electrons. The Kier molecular flexibility index (Phi) is 8.91. The predicted octanol–water partition coefficient (Wildman–Crippen LogP) is 4.50. The highest BCUT2D eigenvalue weighted by molar-refractivity contribution is 6.32. The van der Waals surface area contributed by atoms with Gasteiger partial charge >= 0.3 is 6.18 Å². The molecule has 4 aromatic rings. The van der Waals surface area contributed by atoms with E-state index < -0.39 is 35.6 Å². The summed E-state index contributed by atoms with van der Waals surface area (Å²) in [6.45, 7) is 7.84. The van der Waals surface area contributed by atoms with Crippen molar-refractivity contribution >= 4 is 29.1 Å². The fourth-order valence-electron chi connectivity index (χ4n) is 4.49. The molecule has 3 aromatic heterocycles. The molecule has 1 aromatic carbocycles. The van der Waals surface area contributed by atoms with Gasteiger partial charge in [0, 0.05) is 17.3 Å². The minimum atomic E-state index is -4.79. The largest absolute Gasteiger partial charge is 0.455 e. The maximum atomic E-state index is 13.9. The minimum Gasteiger partial charge on any atom is -0.348 e. The van der Waals surface area contributed by atoms with Crippen LogP contribution < -0.4 is 10.6 Å². The number of hydrogen-bond acceptors (Lipinski definition) is 9. The molecule has 1 aliphatic rings. The summed E-state index contributed by atoms with van der Waals surface area (Å²) in [6, 6.07) is 7.81. The molecule has 0 saturated carbocycles. The zero-order valence-corrected chi connectivity index (χ0v) is 25.4. The van der Waals surface area contributed by atoms with E-state index in [1.165, 1.54) is 18.3 Å². The first-order chi connectivity index (χ1) is 21.2. The lowest BCUT2D eigenvalue weighted by Gasteiger charge is -2.26. The quantitative estimate of drug-likeness (QED) is 0.295. The molecule has 0 aliphatic carbocycles. The number of halogens is 4. The first-order valence-corrected chi connectivity index (χ1v) is 14.1. The van der Waals surface area contributed by atoms with Crippen molar-refractivity contribution in [2.45, 2.75) is 58.7 Å². The maximum Gasteiger partial charge on any atom is 0.455 e. The van der Waals surface area contributed by atoms with Gasteiger partial charge in [0.05, 0.1) is 35.2 Å². The number of hydrogen-bond donors (Lipinski definition) is 2. The van der Waals surface area contributed by atoms with Crippen LogP contribution in [0.15, 0.2) is 36.5 Å². The van der Waals surface area contributed by atoms with Crippen molar-refractivity contribution in [2.24, 2.45) is 0 Å². The Hall–Kier alpha value is -4.41. The zero-order valence-electron chi connectivity index (χ0n) is 24.6. The molecule has 2 amide bonds. The normalized spacial score (nSPS) is 14.4. The van der Waals surface area contributed by atoms with Crippen LogP contribution in [0, 0.1) is 6.92 Å². The highest BCUT2D eigenvalue weighted by atomic mass is 35.5. The fourth-order valence-corrected chi connectivity index (χ4v) is 4.70. The number of aromatic nitrogens is 7. The van der Waals surface area contributed by atoms with Gasteiger partial charge in [0.25, 0.3) is 17.6 Å². The summed E-state index contributed by atoms with van der Waals surface area (Å²) in [5.74, 6) is -2.48. The number of nitrogens with zero attached hydrogens (tertiary/aromatic N) is 7. The first kappa shape index (κ1) is 32.0. The second kappa shape index (κ2) is 12.5. The number of alkyl halides is 3. The van der Waals surface area contributed by atoms with Crippen molar-refractivity contribution in [3.63, 3.8) is 0 Å². The van der Waals surface area contributed by atoms with Gasteiger partial charge in [-0.1, -0.05) is 11.6 Å². The van der Waals surface area contributed by atoms with Gasteiger partial charge in [-0.3, -0.25) is 9.59 Å². The van der Waals surface area contributed by atoms with E-state index in [-0.39, 0.29) is 40.0 Å². The lowest BCUT2D eigenvalue weighted by atomic mass is 10.00. The van der Waals surface area contributed by atoms with E-state index in [1.807, 2.05) is 20.8 Å². The van der Waals surface area contributed by atoms with Crippen LogP contribution in [-0.2, 0) is 22.2 Å². The Morgan fingerprint density at radius 3 is 2.47 bits per heavy atom. The lowest BCUT2D eigenvalue weighted by Crippen LogP contribution is -2.41. The molecule has 13 nitrogen and oxygen atoms in total. The smallest absolute Gasteiger partial charge is 0.348 e. The molecule has 5 rings (SSSR count). The van der Waals surface area contributed by atoms with Crippen LogP contribution in [0.3, 0.4) is 0 Å². The maximum absolute atomic E-state index is 13.9. The molecule has 45 heavy (non-hydrogen) atoms. The average Bonchev–Trinajstić information content (AvgIpc) is 3.61. The highest BCUT2D eigenvalue weighted by Gasteiger charge is 2.37. The lowest BCUT2D eigenvalue weighted by molar-refractivity contribution is -0.183. The number of carbonyl (C=O) groups excluding carboxylic acids is 2. The van der Waals surface area contributed by atoms with Crippen LogP contribution >= 0.6 is 11.6 Å². The molecule has 2 N–H and O–H groups in total. The number of benzene rings is 1. The van der Waals surface area contributed by atoms with Crippen molar-refractivity contribution in [2.75, 3.05) is 18.5 Å². The molecule has 17 heteroatoms. The molecule has 0 unspecified atom stereocenters. The van der Waals surface area contributed by atoms with E-state index in [0.29, 0.717) is 29.1 Å². The van der Waals surface area contributed by atoms with E-state index in [0.717, 1.165) is 11.1 Å². The predicted molar refractivity (Wildman–Crippen MR) is 154 cm³/mol. The molecule has 1 aliphatic heterocycles. The summed E-state index contributed by atoms with van der Waals surface area (Å²) in [5, 5.41) is 20.1. The Morgan fingerprint density at radius 1 is 1.09 bits per heavy atom. The molecule has 0 atom stereocenters. The third-order valence-electron chi connectivity index (χ3n) is 6.37. The van der Waals surface area contributed by atoms with Crippen molar-refractivity contribution in [3.8, 4) is 5.82 Å². The number of ether oxygens (including phenoxy) is 2. The number of tetrazole rings is 1. The van der Waals surface area contributed by atoms with Gasteiger partial charge < -0.3 is 20.1 Å². The third-order valence-corrected chi connectivity index (χ3v) is 6.67.